The van der Waals surface area contributed by atoms with Crippen molar-refractivity contribution in [3.8, 4) is 0 Å². The molecule has 3 atom stereocenters. The minimum Gasteiger partial charge on any atom is -0.307 e. The average molecular weight is 290 g/mol. The zero-order chi connectivity index (χ0) is 15.3. The predicted octanol–water partition coefficient (Wildman–Crippen LogP) is 1.23. The molecular formula is C15H22N4O2. The molecule has 0 aromatic carbocycles. The minimum absolute atomic E-state index is 0.127. The Bertz CT molecular complexity index is 785. The summed E-state index contributed by atoms with van der Waals surface area (Å²) < 4.78 is 1.88. The van der Waals surface area contributed by atoms with Crippen molar-refractivity contribution >= 4 is 11.0 Å². The Morgan fingerprint density at radius 3 is 2.71 bits per heavy atom. The van der Waals surface area contributed by atoms with E-state index in [0.717, 1.165) is 18.5 Å². The van der Waals surface area contributed by atoms with Crippen LogP contribution in [0.25, 0.3) is 11.0 Å². The van der Waals surface area contributed by atoms with Gasteiger partial charge in [0, 0.05) is 18.7 Å². The summed E-state index contributed by atoms with van der Waals surface area (Å²) in [7, 11) is 2.12. The number of fused-ring (bicyclic) bond motifs is 1. The van der Waals surface area contributed by atoms with Crippen LogP contribution in [-0.4, -0.2) is 39.3 Å². The lowest BCUT2D eigenvalue weighted by Crippen LogP contribution is -2.43. The van der Waals surface area contributed by atoms with E-state index in [-0.39, 0.29) is 17.2 Å². The Balaban J connectivity index is 2.17. The third-order valence-corrected chi connectivity index (χ3v) is 4.81. The zero-order valence-corrected chi connectivity index (χ0v) is 12.9. The lowest BCUT2D eigenvalue weighted by Gasteiger charge is -2.40. The Hall–Kier alpha value is -1.82. The van der Waals surface area contributed by atoms with Gasteiger partial charge in [0.15, 0.2) is 0 Å². The van der Waals surface area contributed by atoms with Crippen LogP contribution in [-0.2, 0) is 0 Å². The second-order valence-electron chi connectivity index (χ2n) is 6.42. The second-order valence-corrected chi connectivity index (χ2v) is 6.42. The molecule has 0 spiro atoms. The summed E-state index contributed by atoms with van der Waals surface area (Å²) in [6.45, 7) is 7.16. The van der Waals surface area contributed by atoms with Crippen molar-refractivity contribution in [2.24, 2.45) is 5.92 Å². The van der Waals surface area contributed by atoms with Gasteiger partial charge < -0.3 is 9.88 Å². The van der Waals surface area contributed by atoms with Crippen molar-refractivity contribution in [1.82, 2.24) is 19.7 Å². The molecule has 0 saturated carbocycles. The summed E-state index contributed by atoms with van der Waals surface area (Å²) in [6.07, 6.45) is 0.952. The first-order chi connectivity index (χ1) is 9.88. The summed E-state index contributed by atoms with van der Waals surface area (Å²) in [4.78, 5) is 29.1. The van der Waals surface area contributed by atoms with Gasteiger partial charge in [-0.25, -0.2) is 0 Å². The number of nitrogens with zero attached hydrogens (tertiary/aromatic N) is 2. The topological polar surface area (TPSA) is 73.9 Å². The number of likely N-dealkylation sites (tertiary alicyclic amines) is 1. The van der Waals surface area contributed by atoms with E-state index in [2.05, 4.69) is 35.9 Å². The van der Waals surface area contributed by atoms with Crippen molar-refractivity contribution in [3.05, 3.63) is 32.3 Å². The Morgan fingerprint density at radius 2 is 2.00 bits per heavy atom. The van der Waals surface area contributed by atoms with Gasteiger partial charge in [-0.1, -0.05) is 6.92 Å². The van der Waals surface area contributed by atoms with Crippen LogP contribution in [0.5, 0.6) is 0 Å². The van der Waals surface area contributed by atoms with Gasteiger partial charge in [0.2, 0.25) is 5.56 Å². The summed E-state index contributed by atoms with van der Waals surface area (Å²) in [5.41, 5.74) is 1.06. The van der Waals surface area contributed by atoms with Crippen molar-refractivity contribution < 1.29 is 0 Å². The standard InChI is InChI=1S/C15H22N4O2/c1-8-5-12(20)16-14-13(8)15(21)17-19(14)11-6-10(3)18(4)7-9(11)2/h5,9-11H,6-7H2,1-4H3,(H,16,20)(H,17,21)/t9-,10-,11+/m0/s1. The van der Waals surface area contributed by atoms with Crippen LogP contribution < -0.4 is 11.1 Å². The van der Waals surface area contributed by atoms with Gasteiger partial charge in [0.25, 0.3) is 5.56 Å². The highest BCUT2D eigenvalue weighted by Crippen LogP contribution is 2.31. The summed E-state index contributed by atoms with van der Waals surface area (Å²) >= 11 is 0. The fourth-order valence-electron chi connectivity index (χ4n) is 3.49. The molecule has 2 N–H and O–H groups in total. The van der Waals surface area contributed by atoms with Gasteiger partial charge in [-0.05, 0) is 38.8 Å². The third-order valence-electron chi connectivity index (χ3n) is 4.81. The molecule has 1 saturated heterocycles. The molecule has 0 aliphatic carbocycles. The zero-order valence-electron chi connectivity index (χ0n) is 12.9. The van der Waals surface area contributed by atoms with E-state index in [1.165, 1.54) is 6.07 Å². The minimum atomic E-state index is -0.165. The van der Waals surface area contributed by atoms with Crippen LogP contribution in [0.3, 0.4) is 0 Å². The number of aromatic nitrogens is 3. The van der Waals surface area contributed by atoms with Gasteiger partial charge in [0.05, 0.1) is 11.4 Å². The van der Waals surface area contributed by atoms with E-state index < -0.39 is 0 Å². The van der Waals surface area contributed by atoms with E-state index in [0.29, 0.717) is 23.0 Å². The molecule has 2 aromatic heterocycles. The smallest absolute Gasteiger partial charge is 0.273 e. The normalized spacial score (nSPS) is 27.3. The molecule has 6 nitrogen and oxygen atoms in total. The average Bonchev–Trinajstić information content (AvgIpc) is 2.71. The molecule has 2 aromatic rings. The highest BCUT2D eigenvalue weighted by atomic mass is 16.1. The van der Waals surface area contributed by atoms with Crippen molar-refractivity contribution in [1.29, 1.82) is 0 Å². The number of hydrogen-bond acceptors (Lipinski definition) is 3. The van der Waals surface area contributed by atoms with Crippen LogP contribution in [0.1, 0.15) is 31.9 Å². The summed E-state index contributed by atoms with van der Waals surface area (Å²) in [5.74, 6) is 0.404. The summed E-state index contributed by atoms with van der Waals surface area (Å²) in [5, 5.41) is 3.52. The predicted molar refractivity (Wildman–Crippen MR) is 82.8 cm³/mol. The number of H-pyrrole nitrogens is 2. The fraction of sp³-hybridized carbons (Fsp3) is 0.600. The van der Waals surface area contributed by atoms with E-state index in [1.54, 1.807) is 6.92 Å². The van der Waals surface area contributed by atoms with Gasteiger partial charge in [-0.2, -0.15) is 0 Å². The maximum absolute atomic E-state index is 12.2. The molecule has 3 rings (SSSR count). The van der Waals surface area contributed by atoms with Crippen LogP contribution >= 0.6 is 0 Å². The van der Waals surface area contributed by atoms with Crippen LogP contribution in [0.15, 0.2) is 15.7 Å². The number of rotatable bonds is 1. The fourth-order valence-corrected chi connectivity index (χ4v) is 3.49. The van der Waals surface area contributed by atoms with E-state index >= 15 is 0 Å². The molecule has 6 heteroatoms. The Labute approximate surface area is 122 Å². The quantitative estimate of drug-likeness (QED) is 0.829. The van der Waals surface area contributed by atoms with E-state index in [1.807, 2.05) is 4.68 Å². The highest BCUT2D eigenvalue weighted by Gasteiger charge is 2.31. The molecule has 0 unspecified atom stereocenters. The molecule has 0 amide bonds. The van der Waals surface area contributed by atoms with Gasteiger partial charge in [-0.15, -0.1) is 0 Å². The van der Waals surface area contributed by atoms with Crippen molar-refractivity contribution in [2.75, 3.05) is 13.6 Å². The number of aromatic amines is 2. The molecule has 1 aliphatic rings. The van der Waals surface area contributed by atoms with Gasteiger partial charge in [-0.3, -0.25) is 19.4 Å². The molecule has 0 bridgehead atoms. The van der Waals surface area contributed by atoms with Crippen LogP contribution in [0, 0.1) is 12.8 Å². The van der Waals surface area contributed by atoms with Crippen LogP contribution in [0.2, 0.25) is 0 Å². The number of aryl methyl sites for hydroxylation is 1. The lowest BCUT2D eigenvalue weighted by atomic mass is 9.90. The van der Waals surface area contributed by atoms with E-state index in [9.17, 15) is 9.59 Å². The number of hydrogen-bond donors (Lipinski definition) is 2. The number of nitrogens with one attached hydrogen (secondary N) is 2. The lowest BCUT2D eigenvalue weighted by molar-refractivity contribution is 0.103. The first-order valence-electron chi connectivity index (χ1n) is 7.43. The number of pyridine rings is 1. The molecule has 1 aliphatic heterocycles. The maximum Gasteiger partial charge on any atom is 0.273 e. The first-order valence-corrected chi connectivity index (χ1v) is 7.43. The molecule has 3 heterocycles. The highest BCUT2D eigenvalue weighted by molar-refractivity contribution is 5.78. The molecule has 0 radical (unpaired) electrons. The molecular weight excluding hydrogens is 268 g/mol. The molecule has 21 heavy (non-hydrogen) atoms. The largest absolute Gasteiger partial charge is 0.307 e. The number of piperidine rings is 1. The third kappa shape index (κ3) is 2.23. The SMILES string of the molecule is Cc1cc(=O)[nH]c2c1c(=O)[nH]n2[C@@H]1C[C@H](C)N(C)C[C@@H]1C. The first kappa shape index (κ1) is 14.1. The Morgan fingerprint density at radius 1 is 1.29 bits per heavy atom. The van der Waals surface area contributed by atoms with Crippen molar-refractivity contribution in [2.45, 2.75) is 39.3 Å². The monoisotopic (exact) mass is 290 g/mol. The second kappa shape index (κ2) is 4.87. The van der Waals surface area contributed by atoms with E-state index in [4.69, 9.17) is 0 Å². The maximum atomic E-state index is 12.2. The molecule has 1 fully saturated rings. The van der Waals surface area contributed by atoms with Crippen molar-refractivity contribution in [3.63, 3.8) is 0 Å². The van der Waals surface area contributed by atoms with Crippen LogP contribution in [0.4, 0.5) is 0 Å². The van der Waals surface area contributed by atoms with Gasteiger partial charge in [0.1, 0.15) is 5.65 Å². The Kier molecular flexibility index (Phi) is 3.28. The molecule has 114 valence electrons. The van der Waals surface area contributed by atoms with Gasteiger partial charge >= 0.3 is 0 Å². The summed E-state index contributed by atoms with van der Waals surface area (Å²) in [6, 6.07) is 2.12.